The molecule has 96 valence electrons. The van der Waals surface area contributed by atoms with Gasteiger partial charge in [0.2, 0.25) is 0 Å². The van der Waals surface area contributed by atoms with Crippen LogP contribution in [-0.4, -0.2) is 53.8 Å². The molecule has 0 radical (unpaired) electrons. The molecule has 3 fully saturated rings. The topological polar surface area (TPSA) is 23.6 Å². The fourth-order valence-electron chi connectivity index (χ4n) is 3.37. The van der Waals surface area contributed by atoms with Crippen LogP contribution >= 0.6 is 0 Å². The van der Waals surface area contributed by atoms with E-state index in [1.807, 2.05) is 0 Å². The standard InChI is InChI=1S/C14H24N2O/c1-11-8-15-7-3-2-4-13(15)9-16(11)10-14(17)12-5-6-12/h11-13H,2-10H2,1H3. The molecule has 2 aliphatic heterocycles. The zero-order chi connectivity index (χ0) is 11.8. The number of nitrogens with zero attached hydrogens (tertiary/aromatic N) is 2. The molecule has 17 heavy (non-hydrogen) atoms. The summed E-state index contributed by atoms with van der Waals surface area (Å²) < 4.78 is 0. The summed E-state index contributed by atoms with van der Waals surface area (Å²) in [5, 5.41) is 0. The van der Waals surface area contributed by atoms with Gasteiger partial charge in [-0.15, -0.1) is 0 Å². The minimum absolute atomic E-state index is 0.423. The van der Waals surface area contributed by atoms with E-state index in [1.54, 1.807) is 0 Å². The SMILES string of the molecule is CC1CN2CCCCC2CN1CC(=O)C1CC1. The Labute approximate surface area is 104 Å². The maximum absolute atomic E-state index is 11.9. The Kier molecular flexibility index (Phi) is 3.22. The summed E-state index contributed by atoms with van der Waals surface area (Å²) >= 11 is 0. The number of piperazine rings is 1. The van der Waals surface area contributed by atoms with E-state index in [0.29, 0.717) is 17.7 Å². The summed E-state index contributed by atoms with van der Waals surface area (Å²) in [6, 6.07) is 1.29. The van der Waals surface area contributed by atoms with E-state index >= 15 is 0 Å². The van der Waals surface area contributed by atoms with Crippen molar-refractivity contribution in [3.05, 3.63) is 0 Å². The predicted octanol–water partition coefficient (Wildman–Crippen LogP) is 1.52. The lowest BCUT2D eigenvalue weighted by Crippen LogP contribution is -2.59. The quantitative estimate of drug-likeness (QED) is 0.742. The molecule has 0 amide bonds. The number of hydrogen-bond acceptors (Lipinski definition) is 3. The molecule has 3 rings (SSSR count). The molecule has 0 aromatic carbocycles. The molecular formula is C14H24N2O. The van der Waals surface area contributed by atoms with E-state index in [2.05, 4.69) is 16.7 Å². The smallest absolute Gasteiger partial charge is 0.149 e. The maximum Gasteiger partial charge on any atom is 0.149 e. The van der Waals surface area contributed by atoms with Gasteiger partial charge in [-0.1, -0.05) is 6.42 Å². The van der Waals surface area contributed by atoms with Crippen LogP contribution in [0.5, 0.6) is 0 Å². The molecule has 0 bridgehead atoms. The highest BCUT2D eigenvalue weighted by Crippen LogP contribution is 2.31. The first-order chi connectivity index (χ1) is 8.24. The van der Waals surface area contributed by atoms with Crippen LogP contribution in [0, 0.1) is 5.92 Å². The van der Waals surface area contributed by atoms with Crippen molar-refractivity contribution >= 4 is 5.78 Å². The second-order valence-corrected chi connectivity index (χ2v) is 6.16. The van der Waals surface area contributed by atoms with Gasteiger partial charge in [0.15, 0.2) is 0 Å². The minimum Gasteiger partial charge on any atom is -0.298 e. The van der Waals surface area contributed by atoms with Crippen LogP contribution in [0.15, 0.2) is 0 Å². The van der Waals surface area contributed by atoms with Gasteiger partial charge in [0, 0.05) is 31.1 Å². The molecule has 2 unspecified atom stereocenters. The van der Waals surface area contributed by atoms with Gasteiger partial charge < -0.3 is 0 Å². The van der Waals surface area contributed by atoms with E-state index in [9.17, 15) is 4.79 Å². The van der Waals surface area contributed by atoms with E-state index in [-0.39, 0.29) is 0 Å². The van der Waals surface area contributed by atoms with Gasteiger partial charge in [0.1, 0.15) is 5.78 Å². The third-order valence-electron chi connectivity index (χ3n) is 4.71. The number of carbonyl (C=O) groups excluding carboxylic acids is 1. The van der Waals surface area contributed by atoms with Crippen molar-refractivity contribution in [2.24, 2.45) is 5.92 Å². The van der Waals surface area contributed by atoms with Crippen LogP contribution in [-0.2, 0) is 4.79 Å². The van der Waals surface area contributed by atoms with Crippen molar-refractivity contribution in [2.75, 3.05) is 26.2 Å². The first-order valence-corrected chi connectivity index (χ1v) is 7.25. The van der Waals surface area contributed by atoms with Crippen LogP contribution in [0.4, 0.5) is 0 Å². The molecule has 3 heteroatoms. The molecule has 1 saturated carbocycles. The van der Waals surface area contributed by atoms with Crippen molar-refractivity contribution < 1.29 is 4.79 Å². The molecule has 0 aromatic rings. The Hall–Kier alpha value is -0.410. The van der Waals surface area contributed by atoms with Crippen molar-refractivity contribution in [2.45, 2.75) is 51.1 Å². The van der Waals surface area contributed by atoms with E-state index in [4.69, 9.17) is 0 Å². The molecule has 2 heterocycles. The number of carbonyl (C=O) groups is 1. The summed E-state index contributed by atoms with van der Waals surface area (Å²) in [6.07, 6.45) is 6.37. The first-order valence-electron chi connectivity index (χ1n) is 7.25. The van der Waals surface area contributed by atoms with Gasteiger partial charge in [-0.05, 0) is 39.2 Å². The van der Waals surface area contributed by atoms with Crippen molar-refractivity contribution in [1.82, 2.24) is 9.80 Å². The Balaban J connectivity index is 1.58. The number of hydrogen-bond donors (Lipinski definition) is 0. The molecule has 0 N–H and O–H groups in total. The Morgan fingerprint density at radius 1 is 1.18 bits per heavy atom. The number of ketones is 1. The average Bonchev–Trinajstić information content (AvgIpc) is 3.14. The highest BCUT2D eigenvalue weighted by Gasteiger charge is 2.36. The second-order valence-electron chi connectivity index (χ2n) is 6.16. The number of piperidine rings is 1. The lowest BCUT2D eigenvalue weighted by molar-refractivity contribution is -0.123. The van der Waals surface area contributed by atoms with Crippen molar-refractivity contribution in [1.29, 1.82) is 0 Å². The molecule has 0 spiro atoms. The first kappa shape index (κ1) is 11.7. The monoisotopic (exact) mass is 236 g/mol. The third-order valence-corrected chi connectivity index (χ3v) is 4.71. The lowest BCUT2D eigenvalue weighted by atomic mass is 9.97. The summed E-state index contributed by atoms with van der Waals surface area (Å²) in [5.41, 5.74) is 0. The Morgan fingerprint density at radius 3 is 2.76 bits per heavy atom. The van der Waals surface area contributed by atoms with Gasteiger partial charge in [-0.3, -0.25) is 14.6 Å². The summed E-state index contributed by atoms with van der Waals surface area (Å²) in [5.74, 6) is 0.924. The summed E-state index contributed by atoms with van der Waals surface area (Å²) in [6.45, 7) is 6.57. The van der Waals surface area contributed by atoms with E-state index < -0.39 is 0 Å². The van der Waals surface area contributed by atoms with Gasteiger partial charge in [0.05, 0.1) is 6.54 Å². The fourth-order valence-corrected chi connectivity index (χ4v) is 3.37. The van der Waals surface area contributed by atoms with Gasteiger partial charge >= 0.3 is 0 Å². The number of Topliss-reactive ketones (excluding diaryl/α,β-unsaturated/α-hetero) is 1. The highest BCUT2D eigenvalue weighted by atomic mass is 16.1. The predicted molar refractivity (Wildman–Crippen MR) is 68.0 cm³/mol. The van der Waals surface area contributed by atoms with Crippen LogP contribution in [0.1, 0.15) is 39.0 Å². The van der Waals surface area contributed by atoms with Crippen molar-refractivity contribution in [3.8, 4) is 0 Å². The molecule has 3 aliphatic rings. The molecular weight excluding hydrogens is 212 g/mol. The highest BCUT2D eigenvalue weighted by molar-refractivity contribution is 5.85. The zero-order valence-corrected chi connectivity index (χ0v) is 10.9. The Bertz CT molecular complexity index is 301. The van der Waals surface area contributed by atoms with Crippen LogP contribution in [0.2, 0.25) is 0 Å². The van der Waals surface area contributed by atoms with Crippen molar-refractivity contribution in [3.63, 3.8) is 0 Å². The van der Waals surface area contributed by atoms with Crippen LogP contribution in [0.25, 0.3) is 0 Å². The number of rotatable bonds is 3. The molecule has 3 nitrogen and oxygen atoms in total. The fraction of sp³-hybridized carbons (Fsp3) is 0.929. The third kappa shape index (κ3) is 2.55. The molecule has 0 aromatic heterocycles. The lowest BCUT2D eigenvalue weighted by Gasteiger charge is -2.47. The van der Waals surface area contributed by atoms with E-state index in [1.165, 1.54) is 32.4 Å². The molecule has 2 atom stereocenters. The van der Waals surface area contributed by atoms with Gasteiger partial charge in [0.25, 0.3) is 0 Å². The van der Waals surface area contributed by atoms with Gasteiger partial charge in [-0.2, -0.15) is 0 Å². The largest absolute Gasteiger partial charge is 0.298 e. The van der Waals surface area contributed by atoms with E-state index in [0.717, 1.165) is 32.0 Å². The van der Waals surface area contributed by atoms with Crippen LogP contribution < -0.4 is 0 Å². The van der Waals surface area contributed by atoms with Gasteiger partial charge in [-0.25, -0.2) is 0 Å². The summed E-state index contributed by atoms with van der Waals surface area (Å²) in [7, 11) is 0. The Morgan fingerprint density at radius 2 is 2.00 bits per heavy atom. The van der Waals surface area contributed by atoms with Crippen LogP contribution in [0.3, 0.4) is 0 Å². The second kappa shape index (κ2) is 4.69. The zero-order valence-electron chi connectivity index (χ0n) is 10.9. The normalized spacial score (nSPS) is 35.6. The minimum atomic E-state index is 0.423. The maximum atomic E-state index is 11.9. The average molecular weight is 236 g/mol. The molecule has 1 aliphatic carbocycles. The molecule has 2 saturated heterocycles. The number of fused-ring (bicyclic) bond motifs is 1. The summed E-state index contributed by atoms with van der Waals surface area (Å²) in [4.78, 5) is 17.0.